The van der Waals surface area contributed by atoms with E-state index in [1.165, 1.54) is 0 Å². The first-order valence-electron chi connectivity index (χ1n) is 6.84. The van der Waals surface area contributed by atoms with E-state index < -0.39 is 24.0 Å². The molecule has 3 rings (SSSR count). The van der Waals surface area contributed by atoms with E-state index in [4.69, 9.17) is 23.7 Å². The molecule has 20 heavy (non-hydrogen) atoms. The largest absolute Gasteiger partial charge is 0.367 e. The molecular weight excluding hydrogens is 379 g/mol. The van der Waals surface area contributed by atoms with Crippen molar-refractivity contribution in [2.75, 3.05) is 6.61 Å². The summed E-state index contributed by atoms with van der Waals surface area (Å²) >= 11 is 2.14. The second kappa shape index (κ2) is 5.00. The monoisotopic (exact) mass is 400 g/mol. The second-order valence-corrected chi connectivity index (χ2v) is 7.81. The van der Waals surface area contributed by atoms with Gasteiger partial charge in [0.25, 0.3) is 0 Å². The molecule has 116 valence electrons. The molecule has 6 atom stereocenters. The predicted octanol–water partition coefficient (Wildman–Crippen LogP) is 1.18. The van der Waals surface area contributed by atoms with Gasteiger partial charge in [0.15, 0.2) is 17.9 Å². The second-order valence-electron chi connectivity index (χ2n) is 6.37. The summed E-state index contributed by atoms with van der Waals surface area (Å²) in [5.41, 5.74) is 0. The third kappa shape index (κ3) is 2.73. The molecular formula is C13H21IO6. The lowest BCUT2D eigenvalue weighted by atomic mass is 9.97. The topological polar surface area (TPSA) is 66.4 Å². The first kappa shape index (κ1) is 15.4. The Labute approximate surface area is 132 Å². The molecule has 3 fully saturated rings. The maximum Gasteiger partial charge on any atom is 0.169 e. The SMILES string of the molecule is CC1(C)O[C@@H]2[C@H](O1)[C@H](I)[C@@H](O)O[C@@H]2[C@@H]1COC(C)(C)O1. The number of rotatable bonds is 1. The zero-order valence-corrected chi connectivity index (χ0v) is 14.2. The molecule has 7 heteroatoms. The molecule has 0 amide bonds. The van der Waals surface area contributed by atoms with Gasteiger partial charge < -0.3 is 28.8 Å². The highest BCUT2D eigenvalue weighted by Gasteiger charge is 2.57. The van der Waals surface area contributed by atoms with Gasteiger partial charge in [-0.3, -0.25) is 0 Å². The fraction of sp³-hybridized carbons (Fsp3) is 1.00. The summed E-state index contributed by atoms with van der Waals surface area (Å²) in [5, 5.41) is 10.1. The molecule has 3 heterocycles. The Morgan fingerprint density at radius 2 is 1.60 bits per heavy atom. The summed E-state index contributed by atoms with van der Waals surface area (Å²) in [4.78, 5) is 0. The molecule has 0 aromatic rings. The number of aliphatic hydroxyl groups is 1. The van der Waals surface area contributed by atoms with Gasteiger partial charge in [0.1, 0.15) is 24.4 Å². The normalized spacial score (nSPS) is 50.1. The van der Waals surface area contributed by atoms with Crippen LogP contribution in [0.3, 0.4) is 0 Å². The van der Waals surface area contributed by atoms with Gasteiger partial charge in [-0.2, -0.15) is 0 Å². The van der Waals surface area contributed by atoms with Gasteiger partial charge in [-0.15, -0.1) is 0 Å². The molecule has 0 spiro atoms. The van der Waals surface area contributed by atoms with Crippen LogP contribution in [0.2, 0.25) is 0 Å². The quantitative estimate of drug-likeness (QED) is 0.527. The van der Waals surface area contributed by atoms with Gasteiger partial charge in [-0.05, 0) is 27.7 Å². The molecule has 0 unspecified atom stereocenters. The first-order valence-corrected chi connectivity index (χ1v) is 8.08. The maximum absolute atomic E-state index is 10.1. The van der Waals surface area contributed by atoms with Crippen LogP contribution >= 0.6 is 22.6 Å². The molecule has 0 saturated carbocycles. The standard InChI is InChI=1S/C13H21IO6/c1-12(2)16-5-6(18-12)8-10-9(7(14)11(15)17-8)19-13(3,4)20-10/h6-11,15H,5H2,1-4H3/t6-,7-,8+,9+,10-,11-/m0/s1. The van der Waals surface area contributed by atoms with E-state index in [-0.39, 0.29) is 22.2 Å². The van der Waals surface area contributed by atoms with E-state index >= 15 is 0 Å². The average molecular weight is 400 g/mol. The van der Waals surface area contributed by atoms with Gasteiger partial charge in [0.05, 0.1) is 10.5 Å². The summed E-state index contributed by atoms with van der Waals surface area (Å²) in [6.45, 7) is 7.88. The molecule has 3 aliphatic rings. The number of hydrogen-bond donors (Lipinski definition) is 1. The maximum atomic E-state index is 10.1. The van der Waals surface area contributed by atoms with Crippen LogP contribution in [0.15, 0.2) is 0 Å². The summed E-state index contributed by atoms with van der Waals surface area (Å²) in [6, 6.07) is 0. The van der Waals surface area contributed by atoms with E-state index in [0.29, 0.717) is 6.61 Å². The van der Waals surface area contributed by atoms with Crippen LogP contribution in [0.25, 0.3) is 0 Å². The van der Waals surface area contributed by atoms with Crippen molar-refractivity contribution in [2.24, 2.45) is 0 Å². The minimum atomic E-state index is -0.897. The highest BCUT2D eigenvalue weighted by atomic mass is 127. The zero-order valence-electron chi connectivity index (χ0n) is 12.0. The number of halogens is 1. The smallest absolute Gasteiger partial charge is 0.169 e. The lowest BCUT2D eigenvalue weighted by molar-refractivity contribution is -0.239. The third-order valence-electron chi connectivity index (χ3n) is 3.77. The van der Waals surface area contributed by atoms with Crippen molar-refractivity contribution in [1.82, 2.24) is 0 Å². The van der Waals surface area contributed by atoms with Gasteiger partial charge in [-0.25, -0.2) is 0 Å². The van der Waals surface area contributed by atoms with Gasteiger partial charge in [0.2, 0.25) is 0 Å². The fourth-order valence-electron chi connectivity index (χ4n) is 2.97. The van der Waals surface area contributed by atoms with E-state index in [9.17, 15) is 5.11 Å². The number of aliphatic hydroxyl groups excluding tert-OH is 1. The minimum Gasteiger partial charge on any atom is -0.367 e. The fourth-order valence-corrected chi connectivity index (χ4v) is 3.70. The third-order valence-corrected chi connectivity index (χ3v) is 5.09. The van der Waals surface area contributed by atoms with Crippen molar-refractivity contribution >= 4 is 22.6 Å². The van der Waals surface area contributed by atoms with Crippen molar-refractivity contribution < 1.29 is 28.8 Å². The molecule has 3 saturated heterocycles. The molecule has 0 aliphatic carbocycles. The van der Waals surface area contributed by atoms with Gasteiger partial charge in [-0.1, -0.05) is 22.6 Å². The first-order chi connectivity index (χ1) is 9.19. The van der Waals surface area contributed by atoms with Gasteiger partial charge >= 0.3 is 0 Å². The Hall–Kier alpha value is 0.490. The summed E-state index contributed by atoms with van der Waals surface area (Å²) in [5.74, 6) is -1.32. The Kier molecular flexibility index (Phi) is 3.85. The molecule has 1 N–H and O–H groups in total. The van der Waals surface area contributed by atoms with E-state index in [1.807, 2.05) is 27.7 Å². The number of alkyl halides is 1. The molecule has 0 bridgehead atoms. The van der Waals surface area contributed by atoms with Gasteiger partial charge in [0, 0.05) is 0 Å². The molecule has 0 radical (unpaired) electrons. The number of fused-ring (bicyclic) bond motifs is 1. The van der Waals surface area contributed by atoms with Crippen LogP contribution in [0.5, 0.6) is 0 Å². The Balaban J connectivity index is 1.81. The van der Waals surface area contributed by atoms with E-state index in [0.717, 1.165) is 0 Å². The summed E-state index contributed by atoms with van der Waals surface area (Å²) in [6.07, 6.45) is -2.05. The Bertz CT molecular complexity index is 387. The van der Waals surface area contributed by atoms with Crippen LogP contribution in [-0.2, 0) is 23.7 Å². The lowest BCUT2D eigenvalue weighted by Gasteiger charge is -2.39. The molecule has 6 nitrogen and oxygen atoms in total. The van der Waals surface area contributed by atoms with Crippen LogP contribution in [0.1, 0.15) is 27.7 Å². The van der Waals surface area contributed by atoms with E-state index in [2.05, 4.69) is 22.6 Å². The van der Waals surface area contributed by atoms with Crippen LogP contribution in [-0.4, -0.2) is 57.9 Å². The molecule has 3 aliphatic heterocycles. The minimum absolute atomic E-state index is 0.175. The van der Waals surface area contributed by atoms with Crippen molar-refractivity contribution in [1.29, 1.82) is 0 Å². The lowest BCUT2D eigenvalue weighted by Crippen LogP contribution is -2.58. The molecule has 0 aromatic carbocycles. The highest BCUT2D eigenvalue weighted by Crippen LogP contribution is 2.42. The van der Waals surface area contributed by atoms with Crippen molar-refractivity contribution in [3.63, 3.8) is 0 Å². The zero-order chi connectivity index (χ0) is 14.7. The van der Waals surface area contributed by atoms with Crippen LogP contribution < -0.4 is 0 Å². The summed E-state index contributed by atoms with van der Waals surface area (Å²) < 4.78 is 28.9. The van der Waals surface area contributed by atoms with Crippen molar-refractivity contribution in [3.8, 4) is 0 Å². The van der Waals surface area contributed by atoms with Crippen LogP contribution in [0.4, 0.5) is 0 Å². The highest BCUT2D eigenvalue weighted by molar-refractivity contribution is 14.1. The van der Waals surface area contributed by atoms with Crippen molar-refractivity contribution in [2.45, 2.75) is 73.9 Å². The number of hydrogen-bond acceptors (Lipinski definition) is 6. The average Bonchev–Trinajstić information content (AvgIpc) is 2.83. The van der Waals surface area contributed by atoms with Crippen LogP contribution in [0, 0.1) is 0 Å². The number of ether oxygens (including phenoxy) is 5. The van der Waals surface area contributed by atoms with Crippen molar-refractivity contribution in [3.05, 3.63) is 0 Å². The predicted molar refractivity (Wildman–Crippen MR) is 77.4 cm³/mol. The molecule has 0 aromatic heterocycles. The Morgan fingerprint density at radius 1 is 0.950 bits per heavy atom. The van der Waals surface area contributed by atoms with E-state index in [1.54, 1.807) is 0 Å². The Morgan fingerprint density at radius 3 is 2.20 bits per heavy atom. The summed E-state index contributed by atoms with van der Waals surface area (Å²) in [7, 11) is 0.